The highest BCUT2D eigenvalue weighted by Crippen LogP contribution is 2.34. The summed E-state index contributed by atoms with van der Waals surface area (Å²) in [5, 5.41) is 0. The maximum absolute atomic E-state index is 13.8. The fraction of sp³-hybridized carbons (Fsp3) is 0.167. The summed E-state index contributed by atoms with van der Waals surface area (Å²) in [7, 11) is 0. The van der Waals surface area contributed by atoms with E-state index in [0.29, 0.717) is 17.0 Å². The van der Waals surface area contributed by atoms with Gasteiger partial charge in [-0.15, -0.1) is 0 Å². The summed E-state index contributed by atoms with van der Waals surface area (Å²) >= 11 is 0. The van der Waals surface area contributed by atoms with Gasteiger partial charge in [0.1, 0.15) is 17.3 Å². The Morgan fingerprint density at radius 3 is 2.81 bits per heavy atom. The van der Waals surface area contributed by atoms with Gasteiger partial charge in [0.05, 0.1) is 23.6 Å². The third-order valence-corrected chi connectivity index (χ3v) is 4.50. The Balaban J connectivity index is 1.82. The molecule has 3 aromatic rings. The van der Waals surface area contributed by atoms with Crippen LogP contribution in [0.1, 0.15) is 30.4 Å². The molecule has 0 aliphatic carbocycles. The molecule has 1 unspecified atom stereocenters. The molecule has 0 spiro atoms. The third kappa shape index (κ3) is 2.65. The quantitative estimate of drug-likeness (QED) is 0.753. The molecule has 0 aromatic carbocycles. The molecule has 0 saturated heterocycles. The van der Waals surface area contributed by atoms with Crippen molar-refractivity contribution in [2.24, 2.45) is 16.5 Å². The minimum absolute atomic E-state index is 0.0804. The van der Waals surface area contributed by atoms with E-state index in [4.69, 9.17) is 11.5 Å². The second kappa shape index (κ2) is 6.14. The maximum atomic E-state index is 13.8. The van der Waals surface area contributed by atoms with E-state index in [0.717, 1.165) is 5.56 Å². The lowest BCUT2D eigenvalue weighted by Gasteiger charge is -2.36. The van der Waals surface area contributed by atoms with E-state index < -0.39 is 6.17 Å². The van der Waals surface area contributed by atoms with Crippen LogP contribution in [0.25, 0.3) is 5.65 Å². The van der Waals surface area contributed by atoms with Crippen molar-refractivity contribution in [3.8, 4) is 0 Å². The number of hydrogen-bond acceptors (Lipinski definition) is 6. The van der Waals surface area contributed by atoms with Gasteiger partial charge in [0.25, 0.3) is 0 Å². The Morgan fingerprint density at radius 2 is 2.04 bits per heavy atom. The van der Waals surface area contributed by atoms with Gasteiger partial charge in [-0.3, -0.25) is 9.38 Å². The standard InChI is InChI=1S/C18H18FN7/c1-11(12-3-2-6-22-7-12)25-10-14(20)17(21)24-18(25)15-8-23-16-5-4-13(19)9-26(15)16/h2-11,18H,20H2,1H3,(H2,21,24)/t11-,18?/m1/s1. The number of amidine groups is 1. The Morgan fingerprint density at radius 1 is 1.19 bits per heavy atom. The van der Waals surface area contributed by atoms with Crippen molar-refractivity contribution in [2.75, 3.05) is 0 Å². The molecule has 132 valence electrons. The first-order valence-electron chi connectivity index (χ1n) is 8.15. The number of aliphatic imine (C=N–C) groups is 1. The number of imidazole rings is 1. The van der Waals surface area contributed by atoms with E-state index in [1.54, 1.807) is 35.3 Å². The Hall–Kier alpha value is -3.42. The van der Waals surface area contributed by atoms with E-state index in [1.807, 2.05) is 24.0 Å². The average molecular weight is 351 g/mol. The number of fused-ring (bicyclic) bond motifs is 1. The predicted octanol–water partition coefficient (Wildman–Crippen LogP) is 2.10. The number of aromatic nitrogens is 3. The van der Waals surface area contributed by atoms with Gasteiger partial charge in [-0.2, -0.15) is 0 Å². The van der Waals surface area contributed by atoms with Crippen molar-refractivity contribution in [3.63, 3.8) is 0 Å². The molecule has 4 rings (SSSR count). The van der Waals surface area contributed by atoms with Gasteiger partial charge in [0, 0.05) is 24.8 Å². The highest BCUT2D eigenvalue weighted by molar-refractivity contribution is 5.96. The van der Waals surface area contributed by atoms with Gasteiger partial charge < -0.3 is 16.4 Å². The molecule has 7 nitrogen and oxygen atoms in total. The van der Waals surface area contributed by atoms with Crippen LogP contribution >= 0.6 is 0 Å². The van der Waals surface area contributed by atoms with Crippen LogP contribution in [-0.4, -0.2) is 25.1 Å². The predicted molar refractivity (Wildman–Crippen MR) is 96.3 cm³/mol. The zero-order valence-corrected chi connectivity index (χ0v) is 14.1. The molecule has 0 radical (unpaired) electrons. The summed E-state index contributed by atoms with van der Waals surface area (Å²) in [5.41, 5.74) is 14.7. The number of halogens is 1. The summed E-state index contributed by atoms with van der Waals surface area (Å²) < 4.78 is 15.4. The van der Waals surface area contributed by atoms with Crippen LogP contribution in [0.15, 0.2) is 65.9 Å². The van der Waals surface area contributed by atoms with E-state index in [1.165, 1.54) is 12.3 Å². The summed E-state index contributed by atoms with van der Waals surface area (Å²) in [4.78, 5) is 15.0. The lowest BCUT2D eigenvalue weighted by Crippen LogP contribution is -2.36. The van der Waals surface area contributed by atoms with Crippen LogP contribution in [0, 0.1) is 5.82 Å². The first kappa shape index (κ1) is 16.1. The minimum Gasteiger partial charge on any atom is -0.395 e. The molecule has 1 aliphatic rings. The van der Waals surface area contributed by atoms with Crippen LogP contribution < -0.4 is 11.5 Å². The number of hydrogen-bond donors (Lipinski definition) is 2. The first-order chi connectivity index (χ1) is 12.5. The van der Waals surface area contributed by atoms with E-state index in [9.17, 15) is 4.39 Å². The van der Waals surface area contributed by atoms with Crippen molar-refractivity contribution in [1.29, 1.82) is 0 Å². The molecule has 0 bridgehead atoms. The van der Waals surface area contributed by atoms with Gasteiger partial charge in [-0.25, -0.2) is 14.4 Å². The summed E-state index contributed by atoms with van der Waals surface area (Å²) in [5.74, 6) is -0.109. The maximum Gasteiger partial charge on any atom is 0.166 e. The fourth-order valence-corrected chi connectivity index (χ4v) is 3.07. The molecule has 3 aromatic heterocycles. The van der Waals surface area contributed by atoms with Gasteiger partial charge in [-0.05, 0) is 30.7 Å². The largest absolute Gasteiger partial charge is 0.395 e. The molecular formula is C18H18FN7. The molecule has 1 aliphatic heterocycles. The van der Waals surface area contributed by atoms with Crippen molar-refractivity contribution < 1.29 is 4.39 Å². The van der Waals surface area contributed by atoms with Crippen molar-refractivity contribution >= 4 is 11.5 Å². The molecule has 4 heterocycles. The molecule has 0 amide bonds. The molecular weight excluding hydrogens is 333 g/mol. The van der Waals surface area contributed by atoms with Gasteiger partial charge >= 0.3 is 0 Å². The third-order valence-electron chi connectivity index (χ3n) is 4.50. The highest BCUT2D eigenvalue weighted by Gasteiger charge is 2.29. The zero-order valence-electron chi connectivity index (χ0n) is 14.1. The molecule has 4 N–H and O–H groups in total. The van der Waals surface area contributed by atoms with Crippen LogP contribution in [0.5, 0.6) is 0 Å². The van der Waals surface area contributed by atoms with Gasteiger partial charge in [0.2, 0.25) is 0 Å². The Labute approximate surface area is 149 Å². The van der Waals surface area contributed by atoms with Crippen LogP contribution in [-0.2, 0) is 0 Å². The van der Waals surface area contributed by atoms with Gasteiger partial charge in [-0.1, -0.05) is 6.07 Å². The second-order valence-electron chi connectivity index (χ2n) is 6.14. The van der Waals surface area contributed by atoms with Crippen LogP contribution in [0.4, 0.5) is 4.39 Å². The summed E-state index contributed by atoms with van der Waals surface area (Å²) in [6, 6.07) is 6.77. The minimum atomic E-state index is -0.491. The fourth-order valence-electron chi connectivity index (χ4n) is 3.07. The SMILES string of the molecule is C[C@H](c1cccnc1)N1C=C(N)C(N)=NC1c1cnc2ccc(F)cn12. The van der Waals surface area contributed by atoms with Crippen molar-refractivity contribution in [2.45, 2.75) is 19.1 Å². The second-order valence-corrected chi connectivity index (χ2v) is 6.14. The average Bonchev–Trinajstić information content (AvgIpc) is 3.06. The summed E-state index contributed by atoms with van der Waals surface area (Å²) in [6.07, 6.45) is 7.85. The topological polar surface area (TPSA) is 97.8 Å². The number of nitrogens with two attached hydrogens (primary N) is 2. The van der Waals surface area contributed by atoms with Gasteiger partial charge in [0.15, 0.2) is 6.17 Å². The van der Waals surface area contributed by atoms with Crippen molar-refractivity contribution in [3.05, 3.63) is 78.0 Å². The molecule has 26 heavy (non-hydrogen) atoms. The van der Waals surface area contributed by atoms with Crippen LogP contribution in [0.2, 0.25) is 0 Å². The van der Waals surface area contributed by atoms with Crippen LogP contribution in [0.3, 0.4) is 0 Å². The first-order valence-corrected chi connectivity index (χ1v) is 8.15. The normalized spacial score (nSPS) is 18.5. The van der Waals surface area contributed by atoms with E-state index in [-0.39, 0.29) is 17.7 Å². The molecule has 0 saturated carbocycles. The molecule has 8 heteroatoms. The highest BCUT2D eigenvalue weighted by atomic mass is 19.1. The monoisotopic (exact) mass is 351 g/mol. The Bertz CT molecular complexity index is 1010. The van der Waals surface area contributed by atoms with Crippen molar-refractivity contribution in [1.82, 2.24) is 19.3 Å². The number of nitrogens with zero attached hydrogens (tertiary/aromatic N) is 5. The molecule has 0 fully saturated rings. The zero-order chi connectivity index (χ0) is 18.3. The number of rotatable bonds is 3. The number of pyridine rings is 2. The summed E-state index contributed by atoms with van der Waals surface area (Å²) in [6.45, 7) is 2.02. The lowest BCUT2D eigenvalue weighted by atomic mass is 10.1. The molecule has 2 atom stereocenters. The smallest absolute Gasteiger partial charge is 0.166 e. The Kier molecular flexibility index (Phi) is 3.80. The van der Waals surface area contributed by atoms with E-state index in [2.05, 4.69) is 15.0 Å². The lowest BCUT2D eigenvalue weighted by molar-refractivity contribution is 0.214. The van der Waals surface area contributed by atoms with E-state index >= 15 is 0 Å².